The van der Waals surface area contributed by atoms with Crippen molar-refractivity contribution < 1.29 is 9.53 Å². The molecule has 36 heavy (non-hydrogen) atoms. The highest BCUT2D eigenvalue weighted by molar-refractivity contribution is 7.07. The molecule has 4 aromatic rings. The zero-order chi connectivity index (χ0) is 25.2. The minimum absolute atomic E-state index is 0.239. The number of halogens is 1. The molecule has 0 saturated carbocycles. The Morgan fingerprint density at radius 2 is 1.75 bits per heavy atom. The molecule has 1 amide bonds. The Hall–Kier alpha value is -3.94. The van der Waals surface area contributed by atoms with Crippen LogP contribution < -0.4 is 24.9 Å². The summed E-state index contributed by atoms with van der Waals surface area (Å²) in [6.45, 7) is 1.79. The van der Waals surface area contributed by atoms with E-state index in [0.717, 1.165) is 11.1 Å². The van der Waals surface area contributed by atoms with Crippen molar-refractivity contribution in [3.63, 3.8) is 0 Å². The summed E-state index contributed by atoms with van der Waals surface area (Å²) < 4.78 is 7.38. The standard InChI is InChI=1S/C28H22ClN3O3S/c1-17-24(26(33)31-20-9-4-3-5-10-20)25(18-12-14-21(35-2)15-13-18)32-27(34)23(36-28(32)30-17)16-19-8-6-7-11-22(19)29/h3-16,25H,1-2H3,(H,31,33)/b23-16-/t25-/m0/s1. The van der Waals surface area contributed by atoms with Crippen molar-refractivity contribution >= 4 is 40.6 Å². The number of hydrogen-bond donors (Lipinski definition) is 1. The fourth-order valence-corrected chi connectivity index (χ4v) is 5.39. The largest absolute Gasteiger partial charge is 0.497 e. The molecule has 0 radical (unpaired) electrons. The van der Waals surface area contributed by atoms with E-state index in [1.807, 2.05) is 72.8 Å². The van der Waals surface area contributed by atoms with Gasteiger partial charge in [0.25, 0.3) is 11.5 Å². The molecule has 0 aliphatic carbocycles. The first-order chi connectivity index (χ1) is 17.5. The number of carbonyl (C=O) groups is 1. The monoisotopic (exact) mass is 515 g/mol. The topological polar surface area (TPSA) is 72.7 Å². The van der Waals surface area contributed by atoms with Crippen LogP contribution in [-0.4, -0.2) is 17.6 Å². The second-order valence-corrected chi connectivity index (χ2v) is 9.61. The smallest absolute Gasteiger partial charge is 0.271 e. The average Bonchev–Trinajstić information content (AvgIpc) is 3.19. The van der Waals surface area contributed by atoms with Gasteiger partial charge in [-0.15, -0.1) is 0 Å². The predicted molar refractivity (Wildman–Crippen MR) is 143 cm³/mol. The molecule has 5 rings (SSSR count). The van der Waals surface area contributed by atoms with E-state index in [0.29, 0.717) is 37.1 Å². The van der Waals surface area contributed by atoms with E-state index in [-0.39, 0.29) is 11.5 Å². The Bertz CT molecular complexity index is 1650. The van der Waals surface area contributed by atoms with Gasteiger partial charge in [-0.3, -0.25) is 14.2 Å². The van der Waals surface area contributed by atoms with Crippen LogP contribution in [0.25, 0.3) is 6.08 Å². The predicted octanol–water partition coefficient (Wildman–Crippen LogP) is 4.54. The second kappa shape index (κ2) is 9.97. The highest BCUT2D eigenvalue weighted by atomic mass is 35.5. The molecule has 1 N–H and O–H groups in total. The van der Waals surface area contributed by atoms with Crippen LogP contribution in [0.4, 0.5) is 5.69 Å². The van der Waals surface area contributed by atoms with Crippen LogP contribution in [0.5, 0.6) is 5.75 Å². The van der Waals surface area contributed by atoms with Gasteiger partial charge >= 0.3 is 0 Å². The first-order valence-electron chi connectivity index (χ1n) is 11.2. The van der Waals surface area contributed by atoms with Gasteiger partial charge in [-0.25, -0.2) is 4.99 Å². The number of aromatic nitrogens is 1. The molecule has 1 aromatic heterocycles. The van der Waals surface area contributed by atoms with E-state index in [4.69, 9.17) is 16.3 Å². The zero-order valence-corrected chi connectivity index (χ0v) is 21.1. The lowest BCUT2D eigenvalue weighted by Gasteiger charge is -2.25. The Labute approximate surface area is 216 Å². The minimum atomic E-state index is -0.663. The molecule has 1 aliphatic heterocycles. The first-order valence-corrected chi connectivity index (χ1v) is 12.4. The maximum Gasteiger partial charge on any atom is 0.271 e. The van der Waals surface area contributed by atoms with Gasteiger partial charge in [0.15, 0.2) is 4.80 Å². The van der Waals surface area contributed by atoms with E-state index in [9.17, 15) is 9.59 Å². The third-order valence-electron chi connectivity index (χ3n) is 5.92. The molecule has 1 aliphatic rings. The van der Waals surface area contributed by atoms with Crippen molar-refractivity contribution in [2.75, 3.05) is 12.4 Å². The van der Waals surface area contributed by atoms with Gasteiger partial charge in [0.1, 0.15) is 5.75 Å². The summed E-state index contributed by atoms with van der Waals surface area (Å²) >= 11 is 7.61. The number of thiazole rings is 1. The summed E-state index contributed by atoms with van der Waals surface area (Å²) in [6, 6.07) is 23.2. The van der Waals surface area contributed by atoms with Crippen LogP contribution in [0.1, 0.15) is 24.1 Å². The number of amides is 1. The molecule has 0 saturated heterocycles. The Morgan fingerprint density at radius 3 is 2.44 bits per heavy atom. The molecule has 2 heterocycles. The number of nitrogens with one attached hydrogen (secondary N) is 1. The van der Waals surface area contributed by atoms with Crippen molar-refractivity contribution in [3.05, 3.63) is 126 Å². The average molecular weight is 516 g/mol. The fraction of sp³-hybridized carbons (Fsp3) is 0.107. The van der Waals surface area contributed by atoms with Gasteiger partial charge in [-0.05, 0) is 54.5 Å². The van der Waals surface area contributed by atoms with E-state index < -0.39 is 6.04 Å². The number of carbonyl (C=O) groups excluding carboxylic acids is 1. The molecule has 0 unspecified atom stereocenters. The Kier molecular flexibility index (Phi) is 6.59. The van der Waals surface area contributed by atoms with Crippen molar-refractivity contribution in [1.29, 1.82) is 0 Å². The number of allylic oxidation sites excluding steroid dienone is 1. The number of para-hydroxylation sites is 1. The molecule has 180 valence electrons. The van der Waals surface area contributed by atoms with Crippen LogP contribution in [0.2, 0.25) is 5.02 Å². The maximum absolute atomic E-state index is 13.7. The number of fused-ring (bicyclic) bond motifs is 1. The lowest BCUT2D eigenvalue weighted by Crippen LogP contribution is -2.40. The Balaban J connectivity index is 1.68. The maximum atomic E-state index is 13.7. The molecule has 8 heteroatoms. The normalized spacial score (nSPS) is 15.3. The summed E-state index contributed by atoms with van der Waals surface area (Å²) in [7, 11) is 1.59. The number of anilines is 1. The third-order valence-corrected chi connectivity index (χ3v) is 7.25. The minimum Gasteiger partial charge on any atom is -0.497 e. The summed E-state index contributed by atoms with van der Waals surface area (Å²) in [5, 5.41) is 3.50. The zero-order valence-electron chi connectivity index (χ0n) is 19.6. The van der Waals surface area contributed by atoms with Gasteiger partial charge in [0, 0.05) is 10.7 Å². The van der Waals surface area contributed by atoms with Crippen molar-refractivity contribution in [2.45, 2.75) is 13.0 Å². The molecule has 0 bridgehead atoms. The van der Waals surface area contributed by atoms with Gasteiger partial charge in [-0.1, -0.05) is 71.5 Å². The van der Waals surface area contributed by atoms with Crippen molar-refractivity contribution in [2.24, 2.45) is 4.99 Å². The number of ether oxygens (including phenoxy) is 1. The van der Waals surface area contributed by atoms with Gasteiger partial charge < -0.3 is 10.1 Å². The van der Waals surface area contributed by atoms with Crippen molar-refractivity contribution in [3.8, 4) is 5.75 Å². The summed E-state index contributed by atoms with van der Waals surface area (Å²) in [6.07, 6.45) is 1.76. The molecule has 0 spiro atoms. The van der Waals surface area contributed by atoms with Crippen molar-refractivity contribution in [1.82, 2.24) is 4.57 Å². The van der Waals surface area contributed by atoms with E-state index in [2.05, 4.69) is 10.3 Å². The lowest BCUT2D eigenvalue weighted by atomic mass is 9.95. The van der Waals surface area contributed by atoms with E-state index >= 15 is 0 Å². The fourth-order valence-electron chi connectivity index (χ4n) is 4.17. The van der Waals surface area contributed by atoms with E-state index in [1.54, 1.807) is 30.7 Å². The van der Waals surface area contributed by atoms with E-state index in [1.165, 1.54) is 11.3 Å². The van der Waals surface area contributed by atoms with Crippen LogP contribution >= 0.6 is 22.9 Å². The summed E-state index contributed by atoms with van der Waals surface area (Å²) in [4.78, 5) is 32.5. The number of nitrogens with zero attached hydrogens (tertiary/aromatic N) is 2. The van der Waals surface area contributed by atoms with Gasteiger partial charge in [0.2, 0.25) is 0 Å². The highest BCUT2D eigenvalue weighted by Crippen LogP contribution is 2.31. The van der Waals surface area contributed by atoms with Crippen LogP contribution in [0.3, 0.4) is 0 Å². The quantitative estimate of drug-likeness (QED) is 0.424. The molecule has 6 nitrogen and oxygen atoms in total. The van der Waals surface area contributed by atoms with Crippen LogP contribution in [0, 0.1) is 0 Å². The first kappa shape index (κ1) is 23.8. The molecular formula is C28H22ClN3O3S. The summed E-state index contributed by atoms with van der Waals surface area (Å²) in [5.74, 6) is 0.365. The molecule has 0 fully saturated rings. The molecule has 3 aromatic carbocycles. The lowest BCUT2D eigenvalue weighted by molar-refractivity contribution is -0.113. The number of rotatable bonds is 5. The van der Waals surface area contributed by atoms with Gasteiger partial charge in [0.05, 0.1) is 29.0 Å². The number of hydrogen-bond acceptors (Lipinski definition) is 5. The van der Waals surface area contributed by atoms with Gasteiger partial charge in [-0.2, -0.15) is 0 Å². The second-order valence-electron chi connectivity index (χ2n) is 8.20. The Morgan fingerprint density at radius 1 is 1.06 bits per heavy atom. The SMILES string of the molecule is COc1ccc([C@H]2C(C(=O)Nc3ccccc3)=C(C)N=c3s/c(=C\c4ccccc4Cl)c(=O)n32)cc1. The summed E-state index contributed by atoms with van der Waals surface area (Å²) in [5.41, 5.74) is 2.89. The van der Waals surface area contributed by atoms with Crippen LogP contribution in [0.15, 0.2) is 99.9 Å². The molecule has 1 atom stereocenters. The molecular weight excluding hydrogens is 494 g/mol. The van der Waals surface area contributed by atoms with Crippen LogP contribution in [-0.2, 0) is 4.79 Å². The number of benzene rings is 3. The highest BCUT2D eigenvalue weighted by Gasteiger charge is 2.32. The number of methoxy groups -OCH3 is 1. The third kappa shape index (κ3) is 4.51.